The Morgan fingerprint density at radius 2 is 1.81 bits per heavy atom. The number of nitrogens with two attached hydrogens (primary N) is 1. The number of carbonyl (C=O) groups is 1. The van der Waals surface area contributed by atoms with Crippen LogP contribution in [0.3, 0.4) is 0 Å². The minimum Gasteiger partial charge on any atom is -0.454 e. The molecule has 21 heavy (non-hydrogen) atoms. The molecule has 3 rings (SSSR count). The molecule has 3 N–H and O–H groups in total. The fourth-order valence-corrected chi connectivity index (χ4v) is 1.93. The Labute approximate surface area is 118 Å². The summed E-state index contributed by atoms with van der Waals surface area (Å²) in [5.41, 5.74) is 5.65. The molecule has 0 aromatic heterocycles. The van der Waals surface area contributed by atoms with Gasteiger partial charge in [0.05, 0.1) is 5.56 Å². The van der Waals surface area contributed by atoms with Crippen LogP contribution in [0.2, 0.25) is 0 Å². The number of nitrogen functional groups attached to an aromatic ring is 1. The molecule has 2 aromatic rings. The molecule has 0 spiro atoms. The van der Waals surface area contributed by atoms with E-state index in [9.17, 15) is 13.6 Å². The van der Waals surface area contributed by atoms with Gasteiger partial charge in [-0.05, 0) is 18.2 Å². The lowest BCUT2D eigenvalue weighted by molar-refractivity contribution is 0.102. The van der Waals surface area contributed by atoms with Gasteiger partial charge >= 0.3 is 0 Å². The van der Waals surface area contributed by atoms with E-state index in [1.165, 1.54) is 0 Å². The third kappa shape index (κ3) is 2.45. The molecule has 1 aliphatic rings. The van der Waals surface area contributed by atoms with E-state index < -0.39 is 17.5 Å². The largest absolute Gasteiger partial charge is 0.454 e. The van der Waals surface area contributed by atoms with Gasteiger partial charge in [-0.15, -0.1) is 0 Å². The van der Waals surface area contributed by atoms with Crippen LogP contribution in [-0.4, -0.2) is 12.7 Å². The van der Waals surface area contributed by atoms with Gasteiger partial charge in [0.25, 0.3) is 5.91 Å². The van der Waals surface area contributed by atoms with Gasteiger partial charge in [-0.2, -0.15) is 0 Å². The van der Waals surface area contributed by atoms with Gasteiger partial charge in [-0.1, -0.05) is 0 Å². The molecular weight excluding hydrogens is 282 g/mol. The zero-order chi connectivity index (χ0) is 15.0. The molecule has 0 saturated carbocycles. The summed E-state index contributed by atoms with van der Waals surface area (Å²) in [5, 5.41) is 2.53. The first-order valence-electron chi connectivity index (χ1n) is 6.00. The fourth-order valence-electron chi connectivity index (χ4n) is 1.93. The van der Waals surface area contributed by atoms with Crippen molar-refractivity contribution in [2.75, 3.05) is 17.8 Å². The van der Waals surface area contributed by atoms with Gasteiger partial charge in [0.2, 0.25) is 6.79 Å². The number of rotatable bonds is 2. The second-order valence-electron chi connectivity index (χ2n) is 4.38. The van der Waals surface area contributed by atoms with Crippen LogP contribution in [0.4, 0.5) is 20.2 Å². The highest BCUT2D eigenvalue weighted by molar-refractivity contribution is 6.07. The Morgan fingerprint density at radius 1 is 1.10 bits per heavy atom. The standard InChI is InChI=1S/C14H10F2N2O3/c15-9-4-8(11(17)5-10(9)16)14(19)18-7-1-2-12-13(3-7)21-6-20-12/h1-5H,6,17H2,(H,18,19). The van der Waals surface area contributed by atoms with Crippen LogP contribution in [-0.2, 0) is 0 Å². The van der Waals surface area contributed by atoms with Crippen LogP contribution in [0, 0.1) is 11.6 Å². The van der Waals surface area contributed by atoms with Gasteiger partial charge in [0.15, 0.2) is 23.1 Å². The van der Waals surface area contributed by atoms with Gasteiger partial charge < -0.3 is 20.5 Å². The first kappa shape index (κ1) is 13.2. The molecule has 0 radical (unpaired) electrons. The molecule has 0 unspecified atom stereocenters. The average Bonchev–Trinajstić information content (AvgIpc) is 2.90. The highest BCUT2D eigenvalue weighted by Gasteiger charge is 2.17. The Bertz CT molecular complexity index is 734. The summed E-state index contributed by atoms with van der Waals surface area (Å²) in [6, 6.07) is 6.32. The smallest absolute Gasteiger partial charge is 0.257 e. The molecule has 1 aliphatic heterocycles. The van der Waals surface area contributed by atoms with E-state index in [4.69, 9.17) is 15.2 Å². The van der Waals surface area contributed by atoms with Crippen LogP contribution < -0.4 is 20.5 Å². The number of anilines is 2. The summed E-state index contributed by atoms with van der Waals surface area (Å²) in [7, 11) is 0. The number of ether oxygens (including phenoxy) is 2. The lowest BCUT2D eigenvalue weighted by atomic mass is 10.1. The number of nitrogens with one attached hydrogen (secondary N) is 1. The third-order valence-electron chi connectivity index (χ3n) is 2.97. The van der Waals surface area contributed by atoms with Crippen molar-refractivity contribution in [3.05, 3.63) is 47.5 Å². The molecule has 108 valence electrons. The van der Waals surface area contributed by atoms with Crippen LogP contribution in [0.1, 0.15) is 10.4 Å². The Hall–Kier alpha value is -2.83. The molecule has 0 aliphatic carbocycles. The molecule has 1 heterocycles. The van der Waals surface area contributed by atoms with Gasteiger partial charge in [0, 0.05) is 23.5 Å². The molecule has 1 amide bonds. The minimum atomic E-state index is -1.14. The van der Waals surface area contributed by atoms with E-state index in [1.807, 2.05) is 0 Å². The number of carbonyl (C=O) groups excluding carboxylic acids is 1. The van der Waals surface area contributed by atoms with E-state index in [0.717, 1.165) is 12.1 Å². The van der Waals surface area contributed by atoms with Gasteiger partial charge in [0.1, 0.15) is 0 Å². The normalized spacial score (nSPS) is 12.3. The van der Waals surface area contributed by atoms with Crippen molar-refractivity contribution in [1.82, 2.24) is 0 Å². The van der Waals surface area contributed by atoms with Crippen LogP contribution in [0.25, 0.3) is 0 Å². The number of fused-ring (bicyclic) bond motifs is 1. The number of hydrogen-bond donors (Lipinski definition) is 2. The Morgan fingerprint density at radius 3 is 2.62 bits per heavy atom. The predicted molar refractivity (Wildman–Crippen MR) is 71.3 cm³/mol. The number of benzene rings is 2. The lowest BCUT2D eigenvalue weighted by Crippen LogP contribution is -2.14. The minimum absolute atomic E-state index is 0.114. The summed E-state index contributed by atoms with van der Waals surface area (Å²) in [5.74, 6) is -1.83. The van der Waals surface area contributed by atoms with Crippen molar-refractivity contribution in [1.29, 1.82) is 0 Å². The second-order valence-corrected chi connectivity index (χ2v) is 4.38. The van der Waals surface area contributed by atoms with E-state index in [1.54, 1.807) is 18.2 Å². The molecule has 5 nitrogen and oxygen atoms in total. The topological polar surface area (TPSA) is 73.6 Å². The summed E-state index contributed by atoms with van der Waals surface area (Å²) in [4.78, 5) is 12.0. The SMILES string of the molecule is Nc1cc(F)c(F)cc1C(=O)Nc1ccc2c(c1)OCO2. The second kappa shape index (κ2) is 4.93. The zero-order valence-electron chi connectivity index (χ0n) is 10.7. The first-order chi connectivity index (χ1) is 10.0. The van der Waals surface area contributed by atoms with Gasteiger partial charge in [-0.3, -0.25) is 4.79 Å². The van der Waals surface area contributed by atoms with E-state index in [2.05, 4.69) is 5.32 Å². The monoisotopic (exact) mass is 292 g/mol. The summed E-state index contributed by atoms with van der Waals surface area (Å²) in [6.45, 7) is 0.114. The highest BCUT2D eigenvalue weighted by atomic mass is 19.2. The van der Waals surface area contributed by atoms with Crippen LogP contribution in [0.15, 0.2) is 30.3 Å². The van der Waals surface area contributed by atoms with Crippen molar-refractivity contribution in [3.63, 3.8) is 0 Å². The molecule has 0 bridgehead atoms. The van der Waals surface area contributed by atoms with E-state index in [-0.39, 0.29) is 18.0 Å². The number of amides is 1. The molecule has 2 aromatic carbocycles. The maximum absolute atomic E-state index is 13.2. The summed E-state index contributed by atoms with van der Waals surface area (Å²) < 4.78 is 36.5. The summed E-state index contributed by atoms with van der Waals surface area (Å²) in [6.07, 6.45) is 0. The van der Waals surface area contributed by atoms with Crippen molar-refractivity contribution in [2.45, 2.75) is 0 Å². The zero-order valence-corrected chi connectivity index (χ0v) is 10.7. The molecule has 0 fully saturated rings. The summed E-state index contributed by atoms with van der Waals surface area (Å²) >= 11 is 0. The maximum atomic E-state index is 13.2. The fraction of sp³-hybridized carbons (Fsp3) is 0.0714. The number of hydrogen-bond acceptors (Lipinski definition) is 4. The quantitative estimate of drug-likeness (QED) is 0.834. The molecular formula is C14H10F2N2O3. The third-order valence-corrected chi connectivity index (χ3v) is 2.97. The average molecular weight is 292 g/mol. The van der Waals surface area contributed by atoms with E-state index >= 15 is 0 Å². The molecule has 0 atom stereocenters. The van der Waals surface area contributed by atoms with Crippen LogP contribution >= 0.6 is 0 Å². The first-order valence-corrected chi connectivity index (χ1v) is 6.00. The maximum Gasteiger partial charge on any atom is 0.257 e. The lowest BCUT2D eigenvalue weighted by Gasteiger charge is -2.08. The van der Waals surface area contributed by atoms with Crippen LogP contribution in [0.5, 0.6) is 11.5 Å². The van der Waals surface area contributed by atoms with E-state index in [0.29, 0.717) is 17.2 Å². The Kier molecular flexibility index (Phi) is 3.09. The van der Waals surface area contributed by atoms with Crippen molar-refractivity contribution in [2.24, 2.45) is 0 Å². The van der Waals surface area contributed by atoms with Crippen molar-refractivity contribution >= 4 is 17.3 Å². The number of halogens is 2. The van der Waals surface area contributed by atoms with Gasteiger partial charge in [-0.25, -0.2) is 8.78 Å². The highest BCUT2D eigenvalue weighted by Crippen LogP contribution is 2.34. The van der Waals surface area contributed by atoms with Crippen molar-refractivity contribution < 1.29 is 23.0 Å². The molecule has 0 saturated heterocycles. The predicted octanol–water partition coefficient (Wildman–Crippen LogP) is 2.53. The Balaban J connectivity index is 1.85. The van der Waals surface area contributed by atoms with Crippen molar-refractivity contribution in [3.8, 4) is 11.5 Å². The molecule has 7 heteroatoms.